The summed E-state index contributed by atoms with van der Waals surface area (Å²) in [7, 11) is 0. The van der Waals surface area contributed by atoms with Crippen LogP contribution in [0.2, 0.25) is 0 Å². The molecule has 5 heteroatoms. The van der Waals surface area contributed by atoms with Crippen molar-refractivity contribution in [2.24, 2.45) is 0 Å². The Hall–Kier alpha value is -2.58. The molecular formula is C14H12N2O3. The first-order valence-electron chi connectivity index (χ1n) is 5.64. The van der Waals surface area contributed by atoms with Gasteiger partial charge in [0.2, 0.25) is 0 Å². The van der Waals surface area contributed by atoms with Gasteiger partial charge in [0, 0.05) is 11.6 Å². The number of nitrogens with zero attached hydrogens (tertiary/aromatic N) is 1. The Bertz CT molecular complexity index is 650. The fourth-order valence-corrected chi connectivity index (χ4v) is 1.53. The molecule has 1 heterocycles. The van der Waals surface area contributed by atoms with Crippen LogP contribution < -0.4 is 5.32 Å². The average molecular weight is 256 g/mol. The molecule has 1 aromatic heterocycles. The minimum absolute atomic E-state index is 0.252. The predicted molar refractivity (Wildman–Crippen MR) is 69.6 cm³/mol. The standard InChI is InChI=1S/C14H12N2O3/c1-10-9-13(16-19-10)15-14(18)12-7-3-2-5-11(12)6-4-8-17/h2-3,5,7,9,17H,8H2,1H3,(H,15,16,18). The predicted octanol–water partition coefficient (Wildman–Crippen LogP) is 1.58. The van der Waals surface area contributed by atoms with Crippen LogP contribution in [0.5, 0.6) is 0 Å². The van der Waals surface area contributed by atoms with Crippen LogP contribution in [0.15, 0.2) is 34.9 Å². The molecule has 96 valence electrons. The second-order valence-corrected chi connectivity index (χ2v) is 3.78. The van der Waals surface area contributed by atoms with Gasteiger partial charge in [0.1, 0.15) is 12.4 Å². The third-order valence-corrected chi connectivity index (χ3v) is 2.34. The molecule has 0 unspecified atom stereocenters. The Kier molecular flexibility index (Phi) is 3.96. The lowest BCUT2D eigenvalue weighted by Gasteiger charge is -2.03. The number of rotatable bonds is 2. The summed E-state index contributed by atoms with van der Waals surface area (Å²) in [6.07, 6.45) is 0. The lowest BCUT2D eigenvalue weighted by Crippen LogP contribution is -2.13. The molecule has 1 aromatic carbocycles. The molecule has 0 spiro atoms. The van der Waals surface area contributed by atoms with E-state index in [1.807, 2.05) is 0 Å². The summed E-state index contributed by atoms with van der Waals surface area (Å²) in [5, 5.41) is 15.0. The summed E-state index contributed by atoms with van der Waals surface area (Å²) in [5.74, 6) is 5.89. The van der Waals surface area contributed by atoms with E-state index < -0.39 is 0 Å². The normalized spacial score (nSPS) is 9.58. The second kappa shape index (κ2) is 5.85. The fourth-order valence-electron chi connectivity index (χ4n) is 1.53. The van der Waals surface area contributed by atoms with Crippen molar-refractivity contribution in [3.05, 3.63) is 47.2 Å². The zero-order valence-corrected chi connectivity index (χ0v) is 10.3. The maximum Gasteiger partial charge on any atom is 0.258 e. The summed E-state index contributed by atoms with van der Waals surface area (Å²) in [5.41, 5.74) is 0.971. The molecule has 19 heavy (non-hydrogen) atoms. The van der Waals surface area contributed by atoms with E-state index in [1.54, 1.807) is 37.3 Å². The van der Waals surface area contributed by atoms with Crippen LogP contribution in [0, 0.1) is 18.8 Å². The summed E-state index contributed by atoms with van der Waals surface area (Å²) < 4.78 is 4.87. The van der Waals surface area contributed by atoms with Crippen LogP contribution in [0.4, 0.5) is 5.82 Å². The van der Waals surface area contributed by atoms with E-state index in [2.05, 4.69) is 22.3 Å². The zero-order chi connectivity index (χ0) is 13.7. The van der Waals surface area contributed by atoms with Gasteiger partial charge in [-0.15, -0.1) is 0 Å². The summed E-state index contributed by atoms with van der Waals surface area (Å²) in [6.45, 7) is 1.49. The number of amides is 1. The monoisotopic (exact) mass is 256 g/mol. The lowest BCUT2D eigenvalue weighted by atomic mass is 10.1. The van der Waals surface area contributed by atoms with Gasteiger partial charge >= 0.3 is 0 Å². The zero-order valence-electron chi connectivity index (χ0n) is 10.3. The van der Waals surface area contributed by atoms with E-state index in [4.69, 9.17) is 9.63 Å². The van der Waals surface area contributed by atoms with Crippen molar-refractivity contribution < 1.29 is 14.4 Å². The molecule has 0 radical (unpaired) electrons. The van der Waals surface area contributed by atoms with Crippen LogP contribution in [-0.2, 0) is 0 Å². The topological polar surface area (TPSA) is 75.4 Å². The van der Waals surface area contributed by atoms with E-state index >= 15 is 0 Å². The highest BCUT2D eigenvalue weighted by atomic mass is 16.5. The fraction of sp³-hybridized carbons (Fsp3) is 0.143. The molecule has 5 nitrogen and oxygen atoms in total. The van der Waals surface area contributed by atoms with Gasteiger partial charge in [-0.2, -0.15) is 0 Å². The number of aliphatic hydroxyl groups excluding tert-OH is 1. The molecule has 0 aliphatic heterocycles. The average Bonchev–Trinajstić information content (AvgIpc) is 2.82. The molecule has 0 atom stereocenters. The number of benzene rings is 1. The summed E-state index contributed by atoms with van der Waals surface area (Å²) in [4.78, 5) is 12.1. The Balaban J connectivity index is 2.23. The smallest absolute Gasteiger partial charge is 0.258 e. The van der Waals surface area contributed by atoms with Crippen molar-refractivity contribution in [3.63, 3.8) is 0 Å². The Morgan fingerprint density at radius 1 is 1.47 bits per heavy atom. The van der Waals surface area contributed by atoms with Crippen molar-refractivity contribution >= 4 is 11.7 Å². The van der Waals surface area contributed by atoms with Crippen molar-refractivity contribution in [1.82, 2.24) is 5.16 Å². The third-order valence-electron chi connectivity index (χ3n) is 2.34. The third kappa shape index (κ3) is 3.21. The van der Waals surface area contributed by atoms with Gasteiger partial charge in [0.05, 0.1) is 5.56 Å². The Labute approximate surface area is 110 Å². The van der Waals surface area contributed by atoms with Crippen LogP contribution in [0.3, 0.4) is 0 Å². The van der Waals surface area contributed by atoms with E-state index in [0.717, 1.165) is 0 Å². The lowest BCUT2D eigenvalue weighted by molar-refractivity contribution is 0.102. The van der Waals surface area contributed by atoms with Gasteiger partial charge in [-0.3, -0.25) is 4.79 Å². The molecule has 0 saturated carbocycles. The summed E-state index contributed by atoms with van der Waals surface area (Å²) >= 11 is 0. The number of aryl methyl sites for hydroxylation is 1. The van der Waals surface area contributed by atoms with E-state index in [0.29, 0.717) is 22.7 Å². The maximum atomic E-state index is 12.1. The molecule has 2 N–H and O–H groups in total. The first-order valence-corrected chi connectivity index (χ1v) is 5.64. The number of aromatic nitrogens is 1. The van der Waals surface area contributed by atoms with Gasteiger partial charge in [0.15, 0.2) is 5.82 Å². The van der Waals surface area contributed by atoms with Crippen LogP contribution in [0.1, 0.15) is 21.7 Å². The van der Waals surface area contributed by atoms with E-state index in [-0.39, 0.29) is 12.5 Å². The largest absolute Gasteiger partial charge is 0.384 e. The van der Waals surface area contributed by atoms with Gasteiger partial charge in [0.25, 0.3) is 5.91 Å². The van der Waals surface area contributed by atoms with Crippen LogP contribution >= 0.6 is 0 Å². The van der Waals surface area contributed by atoms with Crippen LogP contribution in [0.25, 0.3) is 0 Å². The molecule has 2 aromatic rings. The highest BCUT2D eigenvalue weighted by Crippen LogP contribution is 2.12. The Morgan fingerprint density at radius 3 is 2.95 bits per heavy atom. The molecular weight excluding hydrogens is 244 g/mol. The van der Waals surface area contributed by atoms with Crippen molar-refractivity contribution in [2.45, 2.75) is 6.92 Å². The SMILES string of the molecule is Cc1cc(NC(=O)c2ccccc2C#CCO)no1. The van der Waals surface area contributed by atoms with Gasteiger partial charge in [-0.1, -0.05) is 29.1 Å². The number of aliphatic hydroxyl groups is 1. The van der Waals surface area contributed by atoms with Gasteiger partial charge < -0.3 is 14.9 Å². The molecule has 0 aliphatic carbocycles. The minimum Gasteiger partial charge on any atom is -0.384 e. The van der Waals surface area contributed by atoms with E-state index in [9.17, 15) is 4.79 Å². The van der Waals surface area contributed by atoms with Crippen molar-refractivity contribution in [2.75, 3.05) is 11.9 Å². The van der Waals surface area contributed by atoms with Gasteiger partial charge in [-0.05, 0) is 19.1 Å². The number of carbonyl (C=O) groups excluding carboxylic acids is 1. The molecule has 1 amide bonds. The van der Waals surface area contributed by atoms with Gasteiger partial charge in [-0.25, -0.2) is 0 Å². The number of nitrogens with one attached hydrogen (secondary N) is 1. The first-order chi connectivity index (χ1) is 9.20. The van der Waals surface area contributed by atoms with Crippen molar-refractivity contribution in [1.29, 1.82) is 0 Å². The quantitative estimate of drug-likeness (QED) is 0.800. The first kappa shape index (κ1) is 12.9. The Morgan fingerprint density at radius 2 is 2.26 bits per heavy atom. The number of carbonyl (C=O) groups is 1. The van der Waals surface area contributed by atoms with E-state index in [1.165, 1.54) is 0 Å². The number of hydrogen-bond acceptors (Lipinski definition) is 4. The van der Waals surface area contributed by atoms with Crippen molar-refractivity contribution in [3.8, 4) is 11.8 Å². The highest BCUT2D eigenvalue weighted by molar-refractivity contribution is 6.05. The number of anilines is 1. The number of hydrogen-bond donors (Lipinski definition) is 2. The van der Waals surface area contributed by atoms with Crippen LogP contribution in [-0.4, -0.2) is 22.8 Å². The molecule has 2 rings (SSSR count). The summed E-state index contributed by atoms with van der Waals surface area (Å²) in [6, 6.07) is 8.51. The minimum atomic E-state index is -0.323. The molecule has 0 bridgehead atoms. The molecule has 0 fully saturated rings. The highest BCUT2D eigenvalue weighted by Gasteiger charge is 2.11. The molecule has 0 saturated heterocycles. The maximum absolute atomic E-state index is 12.1. The molecule has 0 aliphatic rings. The second-order valence-electron chi connectivity index (χ2n) is 3.78.